The van der Waals surface area contributed by atoms with E-state index in [2.05, 4.69) is 5.10 Å². The van der Waals surface area contributed by atoms with Crippen LogP contribution in [0.3, 0.4) is 0 Å². The van der Waals surface area contributed by atoms with Crippen LogP contribution in [0, 0.1) is 13.8 Å². The molecule has 0 aromatic carbocycles. The van der Waals surface area contributed by atoms with Crippen LogP contribution in [0.4, 0.5) is 0 Å². The van der Waals surface area contributed by atoms with E-state index in [1.165, 1.54) is 0 Å². The van der Waals surface area contributed by atoms with Gasteiger partial charge in [0.2, 0.25) is 0 Å². The fourth-order valence-electron chi connectivity index (χ4n) is 3.20. The molecule has 1 unspecified atom stereocenters. The van der Waals surface area contributed by atoms with Crippen LogP contribution in [-0.2, 0) is 23.1 Å². The molecular weight excluding hydrogens is 338 g/mol. The molecule has 1 amide bonds. The molecule has 0 aliphatic carbocycles. The molecule has 2 aromatic rings. The van der Waals surface area contributed by atoms with Crippen LogP contribution in [0.1, 0.15) is 39.5 Å². The van der Waals surface area contributed by atoms with Crippen LogP contribution in [0.25, 0.3) is 0 Å². The molecule has 1 aliphatic heterocycles. The molecule has 1 atom stereocenters. The molecule has 2 aromatic heterocycles. The predicted octanol–water partition coefficient (Wildman–Crippen LogP) is 2.49. The average Bonchev–Trinajstić information content (AvgIpc) is 3.30. The van der Waals surface area contributed by atoms with Crippen LogP contribution in [0.15, 0.2) is 17.5 Å². The minimum atomic E-state index is -0.488. The number of carbonyl (C=O) groups excluding carboxylic acids is 2. The number of aryl methyl sites for hydroxylation is 2. The minimum absolute atomic E-state index is 0.00723. The van der Waals surface area contributed by atoms with E-state index in [4.69, 9.17) is 4.74 Å². The first-order chi connectivity index (χ1) is 12.0. The molecule has 0 bridgehead atoms. The predicted molar refractivity (Wildman–Crippen MR) is 95.7 cm³/mol. The first-order valence-electron chi connectivity index (χ1n) is 8.45. The fourth-order valence-corrected chi connectivity index (χ4v) is 3.92. The highest BCUT2D eigenvalue weighted by molar-refractivity contribution is 7.09. The zero-order valence-electron chi connectivity index (χ0n) is 14.8. The summed E-state index contributed by atoms with van der Waals surface area (Å²) >= 11 is 1.58. The number of rotatable bonds is 6. The number of thiophene rings is 1. The van der Waals surface area contributed by atoms with Crippen LogP contribution in [-0.4, -0.2) is 45.6 Å². The van der Waals surface area contributed by atoms with Gasteiger partial charge in [0.25, 0.3) is 11.7 Å². The number of ether oxygens (including phenoxy) is 1. The third-order valence-corrected chi connectivity index (χ3v) is 5.45. The molecule has 134 valence electrons. The van der Waals surface area contributed by atoms with Gasteiger partial charge in [-0.2, -0.15) is 5.10 Å². The zero-order valence-corrected chi connectivity index (χ0v) is 15.6. The second kappa shape index (κ2) is 7.49. The molecule has 0 spiro atoms. The van der Waals surface area contributed by atoms with Crippen LogP contribution < -0.4 is 0 Å². The Kier molecular flexibility index (Phi) is 5.34. The molecule has 0 N–H and O–H groups in total. The summed E-state index contributed by atoms with van der Waals surface area (Å²) in [6, 6.07) is 3.93. The van der Waals surface area contributed by atoms with E-state index in [1.807, 2.05) is 24.4 Å². The molecule has 1 fully saturated rings. The number of carbonyl (C=O) groups is 2. The number of ketones is 1. The van der Waals surface area contributed by atoms with Crippen molar-refractivity contribution in [3.05, 3.63) is 39.3 Å². The van der Waals surface area contributed by atoms with Crippen molar-refractivity contribution in [2.75, 3.05) is 13.2 Å². The number of hydrogen-bond donors (Lipinski definition) is 0. The first kappa shape index (κ1) is 17.8. The molecular formula is C18H23N3O3S. The maximum absolute atomic E-state index is 13.0. The highest BCUT2D eigenvalue weighted by Gasteiger charge is 2.30. The lowest BCUT2D eigenvalue weighted by molar-refractivity contribution is -0.128. The van der Waals surface area contributed by atoms with Crippen molar-refractivity contribution in [2.24, 2.45) is 7.05 Å². The third kappa shape index (κ3) is 3.82. The van der Waals surface area contributed by atoms with Crippen molar-refractivity contribution >= 4 is 23.0 Å². The monoisotopic (exact) mass is 361 g/mol. The van der Waals surface area contributed by atoms with Crippen molar-refractivity contribution in [2.45, 2.75) is 39.3 Å². The third-order valence-electron chi connectivity index (χ3n) is 4.59. The Labute approximate surface area is 151 Å². The van der Waals surface area contributed by atoms with Gasteiger partial charge in [-0.1, -0.05) is 6.07 Å². The van der Waals surface area contributed by atoms with E-state index in [0.29, 0.717) is 30.0 Å². The highest BCUT2D eigenvalue weighted by Crippen LogP contribution is 2.20. The fraction of sp³-hybridized carbons (Fsp3) is 0.500. The molecule has 6 nitrogen and oxygen atoms in total. The van der Waals surface area contributed by atoms with Gasteiger partial charge in [0.1, 0.15) is 0 Å². The van der Waals surface area contributed by atoms with Gasteiger partial charge in [0.05, 0.1) is 23.9 Å². The molecule has 3 heterocycles. The van der Waals surface area contributed by atoms with E-state index >= 15 is 0 Å². The van der Waals surface area contributed by atoms with E-state index < -0.39 is 11.7 Å². The summed E-state index contributed by atoms with van der Waals surface area (Å²) in [4.78, 5) is 28.5. The SMILES string of the molecule is Cc1nn(C)c(C)c1C(=O)C(=O)N(Cc1cccs1)CC1CCCO1. The lowest BCUT2D eigenvalue weighted by Crippen LogP contribution is -2.41. The van der Waals surface area contributed by atoms with E-state index in [-0.39, 0.29) is 6.10 Å². The second-order valence-corrected chi connectivity index (χ2v) is 7.43. The molecule has 3 rings (SSSR count). The van der Waals surface area contributed by atoms with Crippen molar-refractivity contribution < 1.29 is 14.3 Å². The Balaban J connectivity index is 1.82. The normalized spacial score (nSPS) is 17.0. The number of amides is 1. The standard InChI is InChI=1S/C18H23N3O3S/c1-12-16(13(2)20(3)19-12)17(22)18(23)21(10-14-6-4-8-24-14)11-15-7-5-9-25-15/h5,7,9,14H,4,6,8,10-11H2,1-3H3. The lowest BCUT2D eigenvalue weighted by Gasteiger charge is -2.24. The molecule has 7 heteroatoms. The van der Waals surface area contributed by atoms with Gasteiger partial charge in [0, 0.05) is 30.8 Å². The summed E-state index contributed by atoms with van der Waals surface area (Å²) in [6.07, 6.45) is 1.93. The molecule has 0 radical (unpaired) electrons. The molecule has 1 saturated heterocycles. The summed E-state index contributed by atoms with van der Waals surface area (Å²) < 4.78 is 7.31. The Bertz CT molecular complexity index is 761. The summed E-state index contributed by atoms with van der Waals surface area (Å²) in [6.45, 7) is 5.17. The van der Waals surface area contributed by atoms with E-state index in [0.717, 1.165) is 24.3 Å². The second-order valence-electron chi connectivity index (χ2n) is 6.40. The van der Waals surface area contributed by atoms with Crippen molar-refractivity contribution in [3.63, 3.8) is 0 Å². The Morgan fingerprint density at radius 1 is 1.44 bits per heavy atom. The Hall–Kier alpha value is -1.99. The largest absolute Gasteiger partial charge is 0.376 e. The van der Waals surface area contributed by atoms with Crippen LogP contribution in [0.2, 0.25) is 0 Å². The van der Waals surface area contributed by atoms with Crippen LogP contribution >= 0.6 is 11.3 Å². The van der Waals surface area contributed by atoms with E-state index in [1.54, 1.807) is 34.9 Å². The van der Waals surface area contributed by atoms with Gasteiger partial charge < -0.3 is 9.64 Å². The summed E-state index contributed by atoms with van der Waals surface area (Å²) in [5, 5.41) is 6.23. The van der Waals surface area contributed by atoms with E-state index in [9.17, 15) is 9.59 Å². The summed E-state index contributed by atoms with van der Waals surface area (Å²) in [7, 11) is 1.78. The van der Waals surface area contributed by atoms with Crippen molar-refractivity contribution in [1.82, 2.24) is 14.7 Å². The van der Waals surface area contributed by atoms with Gasteiger partial charge in [-0.05, 0) is 38.1 Å². The first-order valence-corrected chi connectivity index (χ1v) is 9.33. The highest BCUT2D eigenvalue weighted by atomic mass is 32.1. The Morgan fingerprint density at radius 2 is 2.24 bits per heavy atom. The number of aromatic nitrogens is 2. The molecule has 0 saturated carbocycles. The topological polar surface area (TPSA) is 64.4 Å². The Morgan fingerprint density at radius 3 is 2.80 bits per heavy atom. The summed E-state index contributed by atoms with van der Waals surface area (Å²) in [5.74, 6) is -0.972. The maximum atomic E-state index is 13.0. The smallest absolute Gasteiger partial charge is 0.295 e. The van der Waals surface area contributed by atoms with Crippen molar-refractivity contribution in [3.8, 4) is 0 Å². The lowest BCUT2D eigenvalue weighted by atomic mass is 10.1. The minimum Gasteiger partial charge on any atom is -0.376 e. The molecule has 25 heavy (non-hydrogen) atoms. The van der Waals surface area contributed by atoms with Gasteiger partial charge in [-0.15, -0.1) is 11.3 Å². The summed E-state index contributed by atoms with van der Waals surface area (Å²) in [5.41, 5.74) is 1.71. The van der Waals surface area contributed by atoms with Gasteiger partial charge >= 0.3 is 0 Å². The number of nitrogens with zero attached hydrogens (tertiary/aromatic N) is 3. The zero-order chi connectivity index (χ0) is 18.0. The van der Waals surface area contributed by atoms with Gasteiger partial charge in [-0.3, -0.25) is 14.3 Å². The maximum Gasteiger partial charge on any atom is 0.295 e. The van der Waals surface area contributed by atoms with Crippen LogP contribution in [0.5, 0.6) is 0 Å². The van der Waals surface area contributed by atoms with Gasteiger partial charge in [-0.25, -0.2) is 0 Å². The quantitative estimate of drug-likeness (QED) is 0.586. The van der Waals surface area contributed by atoms with Crippen molar-refractivity contribution in [1.29, 1.82) is 0 Å². The number of Topliss-reactive ketones (excluding diaryl/α,β-unsaturated/α-hetero) is 1. The molecule has 1 aliphatic rings. The van der Waals surface area contributed by atoms with Gasteiger partial charge in [0.15, 0.2) is 0 Å². The number of hydrogen-bond acceptors (Lipinski definition) is 5. The average molecular weight is 361 g/mol.